The molecule has 0 aliphatic carbocycles. The van der Waals surface area contributed by atoms with Crippen LogP contribution in [0.15, 0.2) is 54.6 Å². The fraction of sp³-hybridized carbons (Fsp3) is 0.250. The number of amides is 2. The first-order valence-electron chi connectivity index (χ1n) is 11.0. The molecular formula is C24H22ClF3N6O2. The van der Waals surface area contributed by atoms with Gasteiger partial charge in [-0.3, -0.25) is 9.59 Å². The Morgan fingerprint density at radius 2 is 1.69 bits per heavy atom. The second kappa shape index (κ2) is 10.5. The molecule has 1 aliphatic heterocycles. The smallest absolute Gasteiger partial charge is 0.352 e. The Balaban J connectivity index is 1.38. The first-order chi connectivity index (χ1) is 17.2. The van der Waals surface area contributed by atoms with E-state index in [0.29, 0.717) is 35.2 Å². The number of halogens is 4. The molecule has 1 aliphatic rings. The maximum atomic E-state index is 13.3. The maximum Gasteiger partial charge on any atom is 0.417 e. The van der Waals surface area contributed by atoms with Gasteiger partial charge in [0.25, 0.3) is 11.8 Å². The van der Waals surface area contributed by atoms with Crippen LogP contribution in [-0.4, -0.2) is 53.1 Å². The third-order valence-electron chi connectivity index (χ3n) is 5.78. The van der Waals surface area contributed by atoms with Gasteiger partial charge >= 0.3 is 6.18 Å². The number of alkyl halides is 3. The van der Waals surface area contributed by atoms with Crippen LogP contribution in [0, 0.1) is 0 Å². The van der Waals surface area contributed by atoms with Crippen LogP contribution in [0.2, 0.25) is 5.02 Å². The minimum absolute atomic E-state index is 0.0746. The van der Waals surface area contributed by atoms with Crippen molar-refractivity contribution in [3.05, 3.63) is 82.0 Å². The first kappa shape index (κ1) is 25.4. The Labute approximate surface area is 209 Å². The first-order valence-corrected chi connectivity index (χ1v) is 11.4. The number of rotatable bonds is 5. The number of carbonyl (C=O) groups is 2. The summed E-state index contributed by atoms with van der Waals surface area (Å²) in [5.41, 5.74) is 5.49. The molecule has 1 aromatic heterocycles. The minimum atomic E-state index is -4.61. The van der Waals surface area contributed by atoms with Crippen molar-refractivity contribution < 1.29 is 22.8 Å². The van der Waals surface area contributed by atoms with Gasteiger partial charge in [-0.05, 0) is 35.9 Å². The normalized spacial score (nSPS) is 14.0. The van der Waals surface area contributed by atoms with Crippen LogP contribution in [0.25, 0.3) is 0 Å². The average molecular weight is 519 g/mol. The third-order valence-corrected chi connectivity index (χ3v) is 6.23. The zero-order valence-corrected chi connectivity index (χ0v) is 19.7. The molecule has 0 saturated carbocycles. The van der Waals surface area contributed by atoms with Crippen LogP contribution in [0.4, 0.5) is 24.7 Å². The molecule has 2 aromatic carbocycles. The van der Waals surface area contributed by atoms with Crippen LogP contribution in [0.3, 0.4) is 0 Å². The largest absolute Gasteiger partial charge is 0.417 e. The molecule has 4 rings (SSSR count). The lowest BCUT2D eigenvalue weighted by Crippen LogP contribution is -2.49. The predicted octanol–water partition coefficient (Wildman–Crippen LogP) is 3.82. The maximum absolute atomic E-state index is 13.3. The van der Waals surface area contributed by atoms with Gasteiger partial charge in [0.1, 0.15) is 0 Å². The second-order valence-corrected chi connectivity index (χ2v) is 8.41. The quantitative estimate of drug-likeness (QED) is 0.532. The highest BCUT2D eigenvalue weighted by atomic mass is 35.5. The second-order valence-electron chi connectivity index (χ2n) is 8.04. The van der Waals surface area contributed by atoms with Crippen molar-refractivity contribution in [3.8, 4) is 0 Å². The molecule has 0 bridgehead atoms. The topological polar surface area (TPSA) is 104 Å². The summed E-state index contributed by atoms with van der Waals surface area (Å²) >= 11 is 6.25. The number of nitrogens with one attached hydrogen (secondary N) is 1. The number of piperazine rings is 1. The molecule has 8 nitrogen and oxygen atoms in total. The average Bonchev–Trinajstić information content (AvgIpc) is 2.89. The van der Waals surface area contributed by atoms with Crippen LogP contribution < -0.4 is 16.0 Å². The molecule has 0 atom stereocenters. The van der Waals surface area contributed by atoms with E-state index in [4.69, 9.17) is 17.3 Å². The van der Waals surface area contributed by atoms with E-state index >= 15 is 0 Å². The number of hydrogen-bond donors (Lipinski definition) is 2. The monoisotopic (exact) mass is 518 g/mol. The molecule has 0 unspecified atom stereocenters. The summed E-state index contributed by atoms with van der Waals surface area (Å²) in [6.07, 6.45) is -4.61. The van der Waals surface area contributed by atoms with Crippen LogP contribution >= 0.6 is 11.6 Å². The van der Waals surface area contributed by atoms with E-state index in [1.807, 2.05) is 4.90 Å². The standard InChI is InChI=1S/C24H22ClF3N6O2/c25-21-15(14-29)4-3-7-18(21)30-22(35)19-8-9-20(32-31-19)33-10-12-34(13-11-33)23(36)16-5-1-2-6-17(16)24(26,27)28/h1-9H,10-14,29H2,(H,30,35). The van der Waals surface area contributed by atoms with Crippen molar-refractivity contribution in [1.29, 1.82) is 0 Å². The Kier molecular flexibility index (Phi) is 7.41. The molecular weight excluding hydrogens is 497 g/mol. The van der Waals surface area contributed by atoms with Gasteiger partial charge in [-0.2, -0.15) is 13.2 Å². The third kappa shape index (κ3) is 5.42. The lowest BCUT2D eigenvalue weighted by atomic mass is 10.1. The molecule has 2 heterocycles. The van der Waals surface area contributed by atoms with E-state index in [1.54, 1.807) is 24.3 Å². The number of carbonyl (C=O) groups excluding carboxylic acids is 2. The van der Waals surface area contributed by atoms with Crippen molar-refractivity contribution in [2.24, 2.45) is 5.73 Å². The lowest BCUT2D eigenvalue weighted by molar-refractivity contribution is -0.138. The highest BCUT2D eigenvalue weighted by Crippen LogP contribution is 2.32. The number of nitrogens with zero attached hydrogens (tertiary/aromatic N) is 4. The molecule has 0 spiro atoms. The van der Waals surface area contributed by atoms with E-state index in [-0.39, 0.29) is 30.9 Å². The van der Waals surface area contributed by atoms with Gasteiger partial charge in [0.05, 0.1) is 21.8 Å². The fourth-order valence-electron chi connectivity index (χ4n) is 3.86. The molecule has 2 amide bonds. The van der Waals surface area contributed by atoms with Crippen molar-refractivity contribution in [1.82, 2.24) is 15.1 Å². The Morgan fingerprint density at radius 3 is 2.33 bits per heavy atom. The van der Waals surface area contributed by atoms with E-state index in [0.717, 1.165) is 6.07 Å². The number of hydrogen-bond acceptors (Lipinski definition) is 6. The van der Waals surface area contributed by atoms with Crippen LogP contribution in [-0.2, 0) is 12.7 Å². The number of anilines is 2. The van der Waals surface area contributed by atoms with Crippen molar-refractivity contribution in [2.45, 2.75) is 12.7 Å². The summed E-state index contributed by atoms with van der Waals surface area (Å²) in [6, 6.07) is 13.0. The molecule has 12 heteroatoms. The lowest BCUT2D eigenvalue weighted by Gasteiger charge is -2.35. The fourth-order valence-corrected chi connectivity index (χ4v) is 4.11. The summed E-state index contributed by atoms with van der Waals surface area (Å²) in [5, 5.41) is 11.1. The van der Waals surface area contributed by atoms with Crippen molar-refractivity contribution in [2.75, 3.05) is 36.4 Å². The van der Waals surface area contributed by atoms with Crippen LogP contribution in [0.5, 0.6) is 0 Å². The molecule has 3 aromatic rings. The molecule has 0 radical (unpaired) electrons. The molecule has 1 saturated heterocycles. The number of nitrogens with two attached hydrogens (primary N) is 1. The summed E-state index contributed by atoms with van der Waals surface area (Å²) in [5.74, 6) is -0.681. The van der Waals surface area contributed by atoms with Gasteiger partial charge in [-0.25, -0.2) is 0 Å². The molecule has 1 fully saturated rings. The van der Waals surface area contributed by atoms with Crippen molar-refractivity contribution >= 4 is 34.9 Å². The summed E-state index contributed by atoms with van der Waals surface area (Å²) in [6.45, 7) is 1.35. The molecule has 36 heavy (non-hydrogen) atoms. The molecule has 3 N–H and O–H groups in total. The van der Waals surface area contributed by atoms with Gasteiger partial charge in [0.15, 0.2) is 11.5 Å². The highest BCUT2D eigenvalue weighted by Gasteiger charge is 2.36. The summed E-state index contributed by atoms with van der Waals surface area (Å²) in [4.78, 5) is 28.6. The van der Waals surface area contributed by atoms with Gasteiger partial charge in [0, 0.05) is 32.7 Å². The SMILES string of the molecule is NCc1cccc(NC(=O)c2ccc(N3CCN(C(=O)c4ccccc4C(F)(F)F)CC3)nn2)c1Cl. The Bertz CT molecular complexity index is 1260. The van der Waals surface area contributed by atoms with Gasteiger partial charge in [-0.15, -0.1) is 10.2 Å². The van der Waals surface area contributed by atoms with Gasteiger partial charge < -0.3 is 20.9 Å². The van der Waals surface area contributed by atoms with E-state index in [2.05, 4.69) is 15.5 Å². The Hall–Kier alpha value is -3.70. The number of benzene rings is 2. The van der Waals surface area contributed by atoms with Gasteiger partial charge in [-0.1, -0.05) is 35.9 Å². The van der Waals surface area contributed by atoms with E-state index in [9.17, 15) is 22.8 Å². The highest BCUT2D eigenvalue weighted by molar-refractivity contribution is 6.34. The van der Waals surface area contributed by atoms with Crippen molar-refractivity contribution in [3.63, 3.8) is 0 Å². The van der Waals surface area contributed by atoms with Crippen LogP contribution in [0.1, 0.15) is 32.0 Å². The summed E-state index contributed by atoms with van der Waals surface area (Å²) in [7, 11) is 0. The Morgan fingerprint density at radius 1 is 0.972 bits per heavy atom. The zero-order chi connectivity index (χ0) is 25.9. The molecule has 188 valence electrons. The van der Waals surface area contributed by atoms with E-state index in [1.165, 1.54) is 29.2 Å². The van der Waals surface area contributed by atoms with Gasteiger partial charge in [0.2, 0.25) is 0 Å². The number of aromatic nitrogens is 2. The van der Waals surface area contributed by atoms with E-state index < -0.39 is 23.6 Å². The predicted molar refractivity (Wildman–Crippen MR) is 129 cm³/mol. The minimum Gasteiger partial charge on any atom is -0.352 e. The summed E-state index contributed by atoms with van der Waals surface area (Å²) < 4.78 is 39.9. The zero-order valence-electron chi connectivity index (χ0n) is 18.9.